The summed E-state index contributed by atoms with van der Waals surface area (Å²) in [5.41, 5.74) is 0.398. The summed E-state index contributed by atoms with van der Waals surface area (Å²) in [6, 6.07) is 1.32. The molecule has 0 radical (unpaired) electrons. The summed E-state index contributed by atoms with van der Waals surface area (Å²) in [5, 5.41) is 13.1. The quantitative estimate of drug-likeness (QED) is 0.791. The molecule has 0 spiro atoms. The van der Waals surface area contributed by atoms with E-state index in [-0.39, 0.29) is 0 Å². The molecule has 0 amide bonds. The van der Waals surface area contributed by atoms with Crippen LogP contribution in [0.25, 0.3) is 0 Å². The Bertz CT molecular complexity index is 300. The van der Waals surface area contributed by atoms with Gasteiger partial charge in [-0.25, -0.2) is 0 Å². The van der Waals surface area contributed by atoms with Crippen LogP contribution in [0.4, 0.5) is 0 Å². The number of aliphatic hydroxyl groups is 1. The van der Waals surface area contributed by atoms with Crippen molar-refractivity contribution in [2.45, 2.75) is 77.3 Å². The van der Waals surface area contributed by atoms with Gasteiger partial charge < -0.3 is 10.4 Å². The number of nitrogens with zero attached hydrogens (tertiary/aromatic N) is 1. The van der Waals surface area contributed by atoms with Crippen LogP contribution in [0.2, 0.25) is 0 Å². The number of hydrogen-bond acceptors (Lipinski definition) is 3. The highest BCUT2D eigenvalue weighted by atomic mass is 16.3. The van der Waals surface area contributed by atoms with Crippen molar-refractivity contribution in [3.8, 4) is 0 Å². The van der Waals surface area contributed by atoms with Crippen LogP contribution in [0.5, 0.6) is 0 Å². The van der Waals surface area contributed by atoms with Gasteiger partial charge in [-0.1, -0.05) is 39.5 Å². The molecule has 0 heterocycles. The molecule has 2 atom stereocenters. The molecule has 3 heteroatoms. The molecule has 2 rings (SSSR count). The summed E-state index contributed by atoms with van der Waals surface area (Å²) in [4.78, 5) is 2.61. The standard InChI is InChI=1S/C18H36N2O/c1-18(2)11-7-8-15(17(18)19-3)14-20(12-13-21)16-9-5-4-6-10-16/h15-17,19,21H,4-14H2,1-3H3. The second-order valence-corrected chi connectivity index (χ2v) is 7.92. The molecule has 0 aromatic carbocycles. The lowest BCUT2D eigenvalue weighted by Crippen LogP contribution is -2.53. The van der Waals surface area contributed by atoms with Crippen LogP contribution in [0.1, 0.15) is 65.2 Å². The first-order valence-corrected chi connectivity index (χ1v) is 9.10. The van der Waals surface area contributed by atoms with Crippen molar-refractivity contribution in [2.24, 2.45) is 11.3 Å². The van der Waals surface area contributed by atoms with Gasteiger partial charge >= 0.3 is 0 Å². The number of hydrogen-bond donors (Lipinski definition) is 2. The van der Waals surface area contributed by atoms with Crippen LogP contribution in [-0.4, -0.2) is 48.8 Å². The monoisotopic (exact) mass is 296 g/mol. The third-order valence-electron chi connectivity index (χ3n) is 5.97. The molecule has 2 aliphatic rings. The maximum absolute atomic E-state index is 9.47. The summed E-state index contributed by atoms with van der Waals surface area (Å²) in [6.07, 6.45) is 10.8. The van der Waals surface area contributed by atoms with Gasteiger partial charge in [0.25, 0.3) is 0 Å². The van der Waals surface area contributed by atoms with Crippen LogP contribution in [-0.2, 0) is 0 Å². The lowest BCUT2D eigenvalue weighted by atomic mass is 9.67. The summed E-state index contributed by atoms with van der Waals surface area (Å²) in [5.74, 6) is 0.729. The predicted molar refractivity (Wildman–Crippen MR) is 89.5 cm³/mol. The molecule has 0 bridgehead atoms. The third kappa shape index (κ3) is 4.43. The van der Waals surface area contributed by atoms with Crippen molar-refractivity contribution in [1.29, 1.82) is 0 Å². The Balaban J connectivity index is 2.00. The van der Waals surface area contributed by atoms with Crippen LogP contribution in [0, 0.1) is 11.3 Å². The molecule has 0 aliphatic heterocycles. The van der Waals surface area contributed by atoms with E-state index in [0.717, 1.165) is 12.5 Å². The number of rotatable bonds is 6. The zero-order valence-electron chi connectivity index (χ0n) is 14.4. The highest BCUT2D eigenvalue weighted by molar-refractivity contribution is 4.94. The molecule has 2 saturated carbocycles. The van der Waals surface area contributed by atoms with E-state index >= 15 is 0 Å². The van der Waals surface area contributed by atoms with Gasteiger partial charge in [0, 0.05) is 25.2 Å². The lowest BCUT2D eigenvalue weighted by Gasteiger charge is -2.47. The fourth-order valence-corrected chi connectivity index (χ4v) is 4.90. The average molecular weight is 296 g/mol. The largest absolute Gasteiger partial charge is 0.395 e. The molecule has 2 aliphatic carbocycles. The lowest BCUT2D eigenvalue weighted by molar-refractivity contribution is 0.0506. The van der Waals surface area contributed by atoms with E-state index < -0.39 is 0 Å². The Labute approximate surface area is 131 Å². The Morgan fingerprint density at radius 2 is 1.81 bits per heavy atom. The van der Waals surface area contributed by atoms with Gasteiger partial charge in [0.1, 0.15) is 0 Å². The average Bonchev–Trinajstić information content (AvgIpc) is 2.47. The van der Waals surface area contributed by atoms with E-state index in [1.807, 2.05) is 0 Å². The Morgan fingerprint density at radius 1 is 1.10 bits per heavy atom. The van der Waals surface area contributed by atoms with Crippen molar-refractivity contribution in [2.75, 3.05) is 26.7 Å². The minimum absolute atomic E-state index is 0.302. The van der Waals surface area contributed by atoms with E-state index in [9.17, 15) is 5.11 Å². The molecule has 0 saturated heterocycles. The summed E-state index contributed by atoms with van der Waals surface area (Å²) in [6.45, 7) is 7.16. The fourth-order valence-electron chi connectivity index (χ4n) is 4.90. The SMILES string of the molecule is CNC1C(CN(CCO)C2CCCCC2)CCCC1(C)C. The maximum Gasteiger partial charge on any atom is 0.0558 e. The van der Waals surface area contributed by atoms with E-state index in [1.165, 1.54) is 57.9 Å². The van der Waals surface area contributed by atoms with Crippen molar-refractivity contribution in [3.05, 3.63) is 0 Å². The Morgan fingerprint density at radius 3 is 2.43 bits per heavy atom. The van der Waals surface area contributed by atoms with E-state index in [0.29, 0.717) is 24.1 Å². The predicted octanol–water partition coefficient (Wildman–Crippen LogP) is 3.03. The number of aliphatic hydroxyl groups excluding tert-OH is 1. The topological polar surface area (TPSA) is 35.5 Å². The normalized spacial score (nSPS) is 30.7. The fraction of sp³-hybridized carbons (Fsp3) is 1.00. The van der Waals surface area contributed by atoms with Crippen LogP contribution in [0.3, 0.4) is 0 Å². The van der Waals surface area contributed by atoms with Crippen molar-refractivity contribution in [3.63, 3.8) is 0 Å². The Kier molecular flexibility index (Phi) is 6.51. The molecule has 0 aromatic rings. The Hall–Kier alpha value is -0.120. The first-order chi connectivity index (χ1) is 10.1. The van der Waals surface area contributed by atoms with E-state index in [2.05, 4.69) is 31.1 Å². The van der Waals surface area contributed by atoms with Gasteiger partial charge in [-0.3, -0.25) is 4.90 Å². The molecule has 0 aromatic heterocycles. The zero-order valence-corrected chi connectivity index (χ0v) is 14.4. The summed E-state index contributed by atoms with van der Waals surface area (Å²) >= 11 is 0. The first-order valence-electron chi connectivity index (χ1n) is 9.10. The molecular weight excluding hydrogens is 260 g/mol. The maximum atomic E-state index is 9.47. The van der Waals surface area contributed by atoms with Gasteiger partial charge in [-0.2, -0.15) is 0 Å². The van der Waals surface area contributed by atoms with Crippen LogP contribution < -0.4 is 5.32 Å². The highest BCUT2D eigenvalue weighted by Gasteiger charge is 2.39. The second kappa shape index (κ2) is 7.94. The molecule has 124 valence electrons. The van der Waals surface area contributed by atoms with Gasteiger partial charge in [0.2, 0.25) is 0 Å². The van der Waals surface area contributed by atoms with E-state index in [1.54, 1.807) is 0 Å². The molecule has 2 unspecified atom stereocenters. The molecule has 2 N–H and O–H groups in total. The van der Waals surface area contributed by atoms with Crippen molar-refractivity contribution < 1.29 is 5.11 Å². The smallest absolute Gasteiger partial charge is 0.0558 e. The molecular formula is C18H36N2O. The third-order valence-corrected chi connectivity index (χ3v) is 5.97. The van der Waals surface area contributed by atoms with Gasteiger partial charge in [0.05, 0.1) is 6.61 Å². The van der Waals surface area contributed by atoms with Crippen LogP contribution in [0.15, 0.2) is 0 Å². The minimum atomic E-state index is 0.302. The van der Waals surface area contributed by atoms with Gasteiger partial charge in [0.15, 0.2) is 0 Å². The molecule has 2 fully saturated rings. The molecule has 21 heavy (non-hydrogen) atoms. The first kappa shape index (κ1) is 17.2. The second-order valence-electron chi connectivity index (χ2n) is 7.92. The molecule has 3 nitrogen and oxygen atoms in total. The van der Waals surface area contributed by atoms with Crippen LogP contribution >= 0.6 is 0 Å². The summed E-state index contributed by atoms with van der Waals surface area (Å²) < 4.78 is 0. The number of nitrogens with one attached hydrogen (secondary N) is 1. The highest BCUT2D eigenvalue weighted by Crippen LogP contribution is 2.39. The van der Waals surface area contributed by atoms with Crippen molar-refractivity contribution >= 4 is 0 Å². The van der Waals surface area contributed by atoms with Gasteiger partial charge in [-0.05, 0) is 44.1 Å². The summed E-state index contributed by atoms with van der Waals surface area (Å²) in [7, 11) is 2.13. The van der Waals surface area contributed by atoms with Gasteiger partial charge in [-0.15, -0.1) is 0 Å². The zero-order chi connectivity index (χ0) is 15.3. The minimum Gasteiger partial charge on any atom is -0.395 e. The van der Waals surface area contributed by atoms with E-state index in [4.69, 9.17) is 0 Å². The van der Waals surface area contributed by atoms with Crippen molar-refractivity contribution in [1.82, 2.24) is 10.2 Å².